The summed E-state index contributed by atoms with van der Waals surface area (Å²) in [4.78, 5) is 15.7. The Morgan fingerprint density at radius 1 is 1.47 bits per heavy atom. The van der Waals surface area contributed by atoms with Crippen LogP contribution in [0.3, 0.4) is 0 Å². The predicted octanol–water partition coefficient (Wildman–Crippen LogP) is 2.91. The first-order valence-electron chi connectivity index (χ1n) is 5.10. The molecule has 0 spiro atoms. The third-order valence-electron chi connectivity index (χ3n) is 2.16. The number of rotatable bonds is 4. The van der Waals surface area contributed by atoms with Crippen LogP contribution >= 0.6 is 11.3 Å². The van der Waals surface area contributed by atoms with Crippen molar-refractivity contribution in [3.05, 3.63) is 35.5 Å². The fourth-order valence-electron chi connectivity index (χ4n) is 1.40. The number of hydrogen-bond acceptors (Lipinski definition) is 4. The minimum Gasteiger partial charge on any atom is -0.492 e. The van der Waals surface area contributed by atoms with Gasteiger partial charge in [-0.3, -0.25) is 4.98 Å². The molecule has 0 saturated heterocycles. The number of aromatic carboxylic acids is 1. The van der Waals surface area contributed by atoms with E-state index in [4.69, 9.17) is 9.84 Å². The average Bonchev–Trinajstić information content (AvgIpc) is 2.79. The molecule has 17 heavy (non-hydrogen) atoms. The first kappa shape index (κ1) is 11.6. The highest BCUT2D eigenvalue weighted by Crippen LogP contribution is 2.28. The maximum absolute atomic E-state index is 10.8. The third kappa shape index (κ3) is 2.62. The minimum atomic E-state index is -0.915. The van der Waals surface area contributed by atoms with Crippen LogP contribution in [0, 0.1) is 0 Å². The smallest absolute Gasteiger partial charge is 0.336 e. The van der Waals surface area contributed by atoms with Crippen LogP contribution < -0.4 is 4.74 Å². The molecule has 0 atom stereocenters. The summed E-state index contributed by atoms with van der Waals surface area (Å²) < 4.78 is 5.35. The van der Waals surface area contributed by atoms with Gasteiger partial charge in [-0.15, -0.1) is 11.3 Å². The van der Waals surface area contributed by atoms with Crippen molar-refractivity contribution < 1.29 is 14.6 Å². The Hall–Kier alpha value is -1.88. The summed E-state index contributed by atoms with van der Waals surface area (Å²) in [5, 5.41) is 10.5. The quantitative estimate of drug-likeness (QED) is 0.905. The molecule has 0 aromatic carbocycles. The molecule has 1 N–H and O–H groups in total. The number of nitrogens with zero attached hydrogens (tertiary/aromatic N) is 1. The molecule has 0 saturated carbocycles. The highest BCUT2D eigenvalue weighted by molar-refractivity contribution is 7.13. The second kappa shape index (κ2) is 4.97. The molecule has 2 rings (SSSR count). The Morgan fingerprint density at radius 3 is 2.94 bits per heavy atom. The Kier molecular flexibility index (Phi) is 3.39. The van der Waals surface area contributed by atoms with Gasteiger partial charge in [0.1, 0.15) is 5.75 Å². The van der Waals surface area contributed by atoms with E-state index in [1.807, 2.05) is 13.0 Å². The molecule has 88 valence electrons. The zero-order valence-corrected chi connectivity index (χ0v) is 10.0. The number of ether oxygens (including phenoxy) is 1. The monoisotopic (exact) mass is 249 g/mol. The van der Waals surface area contributed by atoms with Crippen molar-refractivity contribution in [3.8, 4) is 16.2 Å². The lowest BCUT2D eigenvalue weighted by Crippen LogP contribution is -1.92. The summed E-state index contributed by atoms with van der Waals surface area (Å²) in [6.45, 7) is 2.48. The molecule has 2 aromatic heterocycles. The number of thiophene rings is 1. The topological polar surface area (TPSA) is 59.4 Å². The standard InChI is InChI=1S/C12H11NO3S/c1-2-16-10-3-8(5-13-6-10)11-4-9(7-17-11)12(14)15/h3-7H,2H2,1H3,(H,14,15). The van der Waals surface area contributed by atoms with E-state index in [1.54, 1.807) is 23.8 Å². The molecule has 2 aromatic rings. The molecule has 5 heteroatoms. The van der Waals surface area contributed by atoms with Crippen LogP contribution in [0.5, 0.6) is 5.75 Å². The van der Waals surface area contributed by atoms with Gasteiger partial charge in [0.15, 0.2) is 0 Å². The van der Waals surface area contributed by atoms with Gasteiger partial charge < -0.3 is 9.84 Å². The number of carboxylic acids is 1. The summed E-state index contributed by atoms with van der Waals surface area (Å²) in [5.41, 5.74) is 1.17. The highest BCUT2D eigenvalue weighted by Gasteiger charge is 2.08. The summed E-state index contributed by atoms with van der Waals surface area (Å²) in [5.74, 6) is -0.225. The van der Waals surface area contributed by atoms with E-state index in [9.17, 15) is 4.79 Å². The summed E-state index contributed by atoms with van der Waals surface area (Å²) in [6, 6.07) is 3.49. The summed E-state index contributed by atoms with van der Waals surface area (Å²) in [6.07, 6.45) is 3.33. The largest absolute Gasteiger partial charge is 0.492 e. The molecular formula is C12H11NO3S. The van der Waals surface area contributed by atoms with Crippen molar-refractivity contribution >= 4 is 17.3 Å². The molecule has 0 aliphatic carbocycles. The summed E-state index contributed by atoms with van der Waals surface area (Å²) >= 11 is 1.38. The lowest BCUT2D eigenvalue weighted by molar-refractivity contribution is 0.0697. The molecule has 0 unspecified atom stereocenters. The van der Waals surface area contributed by atoms with Crippen LogP contribution in [-0.4, -0.2) is 22.7 Å². The average molecular weight is 249 g/mol. The first-order chi connectivity index (χ1) is 8.20. The van der Waals surface area contributed by atoms with Crippen molar-refractivity contribution in [2.24, 2.45) is 0 Å². The molecule has 0 bridgehead atoms. The lowest BCUT2D eigenvalue weighted by Gasteiger charge is -2.03. The van der Waals surface area contributed by atoms with E-state index < -0.39 is 5.97 Å². The predicted molar refractivity (Wildman–Crippen MR) is 65.7 cm³/mol. The van der Waals surface area contributed by atoms with Crippen LogP contribution in [-0.2, 0) is 0 Å². The Labute approximate surface area is 103 Å². The van der Waals surface area contributed by atoms with Gasteiger partial charge in [-0.25, -0.2) is 4.79 Å². The zero-order chi connectivity index (χ0) is 12.3. The zero-order valence-electron chi connectivity index (χ0n) is 9.21. The van der Waals surface area contributed by atoms with Crippen molar-refractivity contribution in [3.63, 3.8) is 0 Å². The second-order valence-electron chi connectivity index (χ2n) is 3.35. The fraction of sp³-hybridized carbons (Fsp3) is 0.167. The van der Waals surface area contributed by atoms with E-state index in [0.717, 1.165) is 10.4 Å². The van der Waals surface area contributed by atoms with Gasteiger partial charge in [0.25, 0.3) is 0 Å². The van der Waals surface area contributed by atoms with Crippen LogP contribution in [0.15, 0.2) is 29.9 Å². The van der Waals surface area contributed by atoms with E-state index >= 15 is 0 Å². The van der Waals surface area contributed by atoms with Crippen molar-refractivity contribution in [2.45, 2.75) is 6.92 Å². The van der Waals surface area contributed by atoms with Crippen molar-refractivity contribution in [1.29, 1.82) is 0 Å². The van der Waals surface area contributed by atoms with Gasteiger partial charge >= 0.3 is 5.97 Å². The van der Waals surface area contributed by atoms with Crippen molar-refractivity contribution in [2.75, 3.05) is 6.61 Å². The Morgan fingerprint density at radius 2 is 2.29 bits per heavy atom. The molecular weight excluding hydrogens is 238 g/mol. The van der Waals surface area contributed by atoms with Crippen LogP contribution in [0.25, 0.3) is 10.4 Å². The fourth-order valence-corrected chi connectivity index (χ4v) is 2.26. The second-order valence-corrected chi connectivity index (χ2v) is 4.26. The molecule has 0 amide bonds. The minimum absolute atomic E-state index is 0.298. The molecule has 0 aliphatic rings. The highest BCUT2D eigenvalue weighted by atomic mass is 32.1. The molecule has 2 heterocycles. The maximum Gasteiger partial charge on any atom is 0.336 e. The van der Waals surface area contributed by atoms with Crippen LogP contribution in [0.1, 0.15) is 17.3 Å². The summed E-state index contributed by atoms with van der Waals surface area (Å²) in [7, 11) is 0. The van der Waals surface area contributed by atoms with Crippen LogP contribution in [0.2, 0.25) is 0 Å². The lowest BCUT2D eigenvalue weighted by atomic mass is 10.2. The van der Waals surface area contributed by atoms with E-state index in [2.05, 4.69) is 4.98 Å². The van der Waals surface area contributed by atoms with Gasteiger partial charge in [0.2, 0.25) is 0 Å². The number of pyridine rings is 1. The van der Waals surface area contributed by atoms with E-state index in [-0.39, 0.29) is 0 Å². The van der Waals surface area contributed by atoms with Gasteiger partial charge in [-0.2, -0.15) is 0 Å². The SMILES string of the molecule is CCOc1cncc(-c2cc(C(=O)O)cs2)c1. The van der Waals surface area contributed by atoms with Gasteiger partial charge in [0.05, 0.1) is 18.4 Å². The Balaban J connectivity index is 2.31. The molecule has 0 aliphatic heterocycles. The van der Waals surface area contributed by atoms with E-state index in [1.165, 1.54) is 11.3 Å². The molecule has 0 radical (unpaired) electrons. The van der Waals surface area contributed by atoms with Crippen molar-refractivity contribution in [1.82, 2.24) is 4.98 Å². The van der Waals surface area contributed by atoms with Gasteiger partial charge in [0, 0.05) is 22.0 Å². The van der Waals surface area contributed by atoms with Crippen LogP contribution in [0.4, 0.5) is 0 Å². The number of carbonyl (C=O) groups is 1. The maximum atomic E-state index is 10.8. The third-order valence-corrected chi connectivity index (χ3v) is 3.13. The number of hydrogen-bond donors (Lipinski definition) is 1. The molecule has 4 nitrogen and oxygen atoms in total. The number of carboxylic acid groups (broad SMARTS) is 1. The Bertz CT molecular complexity index is 536. The molecule has 0 fully saturated rings. The number of aromatic nitrogens is 1. The van der Waals surface area contributed by atoms with Gasteiger partial charge in [-0.05, 0) is 19.1 Å². The first-order valence-corrected chi connectivity index (χ1v) is 5.98. The normalized spacial score (nSPS) is 10.2. The van der Waals surface area contributed by atoms with Gasteiger partial charge in [-0.1, -0.05) is 0 Å². The van der Waals surface area contributed by atoms with E-state index in [0.29, 0.717) is 17.9 Å².